The largest absolute Gasteiger partial charge is 0.481 e. The first-order valence-corrected chi connectivity index (χ1v) is 21.8. The molecule has 1 aliphatic rings. The number of anilines is 1. The van der Waals surface area contributed by atoms with Crippen molar-refractivity contribution in [1.29, 1.82) is 0 Å². The predicted molar refractivity (Wildman–Crippen MR) is 194 cm³/mol. The van der Waals surface area contributed by atoms with Crippen LogP contribution < -0.4 is 16.4 Å². The highest BCUT2D eigenvalue weighted by Crippen LogP contribution is 2.61. The van der Waals surface area contributed by atoms with Crippen LogP contribution in [-0.4, -0.2) is 135 Å². The summed E-state index contributed by atoms with van der Waals surface area (Å²) in [6.07, 6.45) is -6.49. The first-order valence-electron chi connectivity index (χ1n) is 16.3. The van der Waals surface area contributed by atoms with Gasteiger partial charge in [-0.05, 0) is 13.8 Å². The minimum Gasteiger partial charge on any atom is -0.386 e. The molecule has 1 fully saturated rings. The van der Waals surface area contributed by atoms with Gasteiger partial charge in [0.15, 0.2) is 22.8 Å². The van der Waals surface area contributed by atoms with Gasteiger partial charge in [0.05, 0.1) is 26.0 Å². The third-order valence-corrected chi connectivity index (χ3v) is 11.1. The van der Waals surface area contributed by atoms with Crippen LogP contribution in [0.4, 0.5) is 5.82 Å². The van der Waals surface area contributed by atoms with Gasteiger partial charge < -0.3 is 55.7 Å². The van der Waals surface area contributed by atoms with Gasteiger partial charge in [0, 0.05) is 30.7 Å². The molecule has 0 spiro atoms. The molecule has 3 rings (SSSR count). The number of aldehydes is 1. The maximum absolute atomic E-state index is 12.6. The summed E-state index contributed by atoms with van der Waals surface area (Å²) in [7, 11) is -16.4. The molecule has 30 heteroatoms. The Morgan fingerprint density at radius 1 is 1.07 bits per heavy atom. The standard InChI is InChI=1S/C25H40N7O18P3S.C2H4O/c1-13(33)8-16(35)54-7-6-27-15(34)4-5-28-23(38)20(37)25(2,3)10-47-53(44,45)50-52(42,43)46-9-14-19(49-51(39,40)41)18(36)24(48-14)32-12-31-17-21(26)29-11-30-22(17)32;1-2-3/h11-12,14,18-20,24,36-37H,4-10H2,1-3H3,(H,27,34)(H,28,38)(H,42,43)(H,44,45)(H2,26,29,30)(H2,39,40,41);2H,1H3/t14-,18-,19-,20+,24-;/m1./s1. The lowest BCUT2D eigenvalue weighted by Gasteiger charge is -2.30. The Labute approximate surface area is 328 Å². The highest BCUT2D eigenvalue weighted by atomic mass is 32.2. The van der Waals surface area contributed by atoms with Gasteiger partial charge >= 0.3 is 23.5 Å². The van der Waals surface area contributed by atoms with Gasteiger partial charge in [-0.15, -0.1) is 0 Å². The van der Waals surface area contributed by atoms with E-state index in [1.54, 1.807) is 0 Å². The molecule has 1 aliphatic heterocycles. The van der Waals surface area contributed by atoms with Crippen molar-refractivity contribution in [2.24, 2.45) is 5.41 Å². The zero-order chi connectivity index (χ0) is 43.4. The van der Waals surface area contributed by atoms with Crippen molar-refractivity contribution in [1.82, 2.24) is 30.2 Å². The van der Waals surface area contributed by atoms with Crippen molar-refractivity contribution < 1.29 is 90.1 Å². The minimum absolute atomic E-state index is 0.0240. The number of ether oxygens (including phenoxy) is 1. The van der Waals surface area contributed by atoms with Gasteiger partial charge in [-0.25, -0.2) is 28.6 Å². The monoisotopic (exact) mass is 895 g/mol. The SMILES string of the molecule is CC(=O)CC(=O)SCCNC(=O)CCNC(=O)[C@H](O)C(C)(C)COP(=O)(O)OP(=O)(O)OC[C@H]1O[C@@H](n2cnc3c(N)ncnc32)[C@H](O)[C@@H]1OP(=O)(O)O.CC=O. The number of hydrogen-bond acceptors (Lipinski definition) is 20. The lowest BCUT2D eigenvalue weighted by atomic mass is 9.87. The number of rotatable bonds is 21. The molecule has 57 heavy (non-hydrogen) atoms. The number of aromatic nitrogens is 4. The number of aliphatic hydroxyl groups excluding tert-OH is 2. The maximum Gasteiger partial charge on any atom is 0.481 e. The van der Waals surface area contributed by atoms with Crippen molar-refractivity contribution in [2.75, 3.05) is 37.8 Å². The van der Waals surface area contributed by atoms with Crippen molar-refractivity contribution in [3.8, 4) is 0 Å². The van der Waals surface area contributed by atoms with Crippen molar-refractivity contribution in [3.63, 3.8) is 0 Å². The van der Waals surface area contributed by atoms with Crippen molar-refractivity contribution >= 4 is 81.2 Å². The lowest BCUT2D eigenvalue weighted by Crippen LogP contribution is -2.46. The third kappa shape index (κ3) is 16.6. The fraction of sp³-hybridized carbons (Fsp3) is 0.630. The number of aliphatic hydroxyl groups is 2. The molecule has 26 nitrogen and oxygen atoms in total. The smallest absolute Gasteiger partial charge is 0.386 e. The second-order valence-corrected chi connectivity index (χ2v) is 17.8. The van der Waals surface area contributed by atoms with Crippen LogP contribution in [-0.2, 0) is 60.3 Å². The molecule has 0 radical (unpaired) electrons. The van der Waals surface area contributed by atoms with E-state index in [0.29, 0.717) is 0 Å². The Hall–Kier alpha value is -3.10. The van der Waals surface area contributed by atoms with Crippen LogP contribution in [0.5, 0.6) is 0 Å². The Balaban J connectivity index is 0.00000362. The van der Waals surface area contributed by atoms with E-state index >= 15 is 0 Å². The van der Waals surface area contributed by atoms with Gasteiger partial charge in [-0.2, -0.15) is 4.31 Å². The summed E-state index contributed by atoms with van der Waals surface area (Å²) >= 11 is 0.878. The fourth-order valence-electron chi connectivity index (χ4n) is 4.55. The maximum atomic E-state index is 12.6. The summed E-state index contributed by atoms with van der Waals surface area (Å²) in [6, 6.07) is 0. The number of carbonyl (C=O) groups excluding carboxylic acids is 5. The van der Waals surface area contributed by atoms with E-state index in [1.807, 2.05) is 0 Å². The molecule has 0 saturated carbocycles. The molecule has 2 aromatic rings. The molecule has 0 aliphatic carbocycles. The quantitative estimate of drug-likeness (QED) is 0.0309. The molecule has 2 unspecified atom stereocenters. The van der Waals surface area contributed by atoms with Gasteiger partial charge in [-0.3, -0.25) is 37.3 Å². The van der Waals surface area contributed by atoms with Crippen LogP contribution >= 0.6 is 35.2 Å². The summed E-state index contributed by atoms with van der Waals surface area (Å²) in [4.78, 5) is 106. The number of Topliss-reactive ketones (excluding diaryl/α,β-unsaturated/α-hetero) is 1. The van der Waals surface area contributed by atoms with Crippen LogP contribution in [0.2, 0.25) is 0 Å². The summed E-state index contributed by atoms with van der Waals surface area (Å²) in [5.41, 5.74) is 4.22. The second kappa shape index (κ2) is 21.8. The number of ketones is 1. The zero-order valence-electron chi connectivity index (χ0n) is 30.7. The predicted octanol–water partition coefficient (Wildman–Crippen LogP) is -1.15. The first-order chi connectivity index (χ1) is 26.3. The number of nitrogens with one attached hydrogen (secondary N) is 2. The summed E-state index contributed by atoms with van der Waals surface area (Å²) in [5, 5.41) is 25.8. The average molecular weight is 896 g/mol. The lowest BCUT2D eigenvalue weighted by molar-refractivity contribution is -0.137. The minimum atomic E-state index is -5.58. The number of phosphoric ester groups is 3. The van der Waals surface area contributed by atoms with Crippen LogP contribution in [0.1, 0.15) is 46.8 Å². The average Bonchev–Trinajstić information content (AvgIpc) is 3.64. The third-order valence-electron chi connectivity index (χ3n) is 7.16. The number of nitrogens with zero attached hydrogens (tertiary/aromatic N) is 4. The van der Waals surface area contributed by atoms with Crippen LogP contribution in [0.3, 0.4) is 0 Å². The molecular formula is C27H44N7O19P3S. The number of nitrogen functional groups attached to an aromatic ring is 1. The Bertz CT molecular complexity index is 1880. The van der Waals surface area contributed by atoms with Crippen LogP contribution in [0, 0.1) is 5.41 Å². The number of amides is 2. The summed E-state index contributed by atoms with van der Waals surface area (Å²) in [6.45, 7) is 3.02. The Kier molecular flexibility index (Phi) is 19.1. The Morgan fingerprint density at radius 3 is 2.32 bits per heavy atom. The van der Waals surface area contributed by atoms with E-state index in [4.69, 9.17) is 24.3 Å². The van der Waals surface area contributed by atoms with Crippen molar-refractivity contribution in [2.45, 2.75) is 71.2 Å². The molecule has 10 N–H and O–H groups in total. The van der Waals surface area contributed by atoms with E-state index in [9.17, 15) is 62.7 Å². The molecule has 322 valence electrons. The van der Waals surface area contributed by atoms with Crippen molar-refractivity contribution in [3.05, 3.63) is 12.7 Å². The number of hydrogen-bond donors (Lipinski definition) is 9. The summed E-state index contributed by atoms with van der Waals surface area (Å²) < 4.78 is 61.9. The Morgan fingerprint density at radius 2 is 1.70 bits per heavy atom. The van der Waals surface area contributed by atoms with Crippen LogP contribution in [0.25, 0.3) is 11.2 Å². The first kappa shape index (κ1) is 50.0. The molecular weight excluding hydrogens is 851 g/mol. The molecule has 0 aromatic carbocycles. The molecule has 2 amide bonds. The van der Waals surface area contributed by atoms with E-state index in [-0.39, 0.29) is 59.6 Å². The molecule has 1 saturated heterocycles. The number of thioether (sulfide) groups is 1. The number of carbonyl (C=O) groups is 5. The number of imidazole rings is 1. The van der Waals surface area contributed by atoms with Gasteiger partial charge in [-0.1, -0.05) is 25.6 Å². The van der Waals surface area contributed by atoms with Gasteiger partial charge in [0.1, 0.15) is 48.3 Å². The highest BCUT2D eigenvalue weighted by Gasteiger charge is 2.50. The van der Waals surface area contributed by atoms with E-state index in [2.05, 4.69) is 34.4 Å². The van der Waals surface area contributed by atoms with Crippen LogP contribution in [0.15, 0.2) is 12.7 Å². The molecule has 3 heterocycles. The summed E-state index contributed by atoms with van der Waals surface area (Å²) in [5.74, 6) is -1.61. The van der Waals surface area contributed by atoms with E-state index in [0.717, 1.165) is 35.3 Å². The zero-order valence-corrected chi connectivity index (χ0v) is 34.2. The molecule has 2 aromatic heterocycles. The van der Waals surface area contributed by atoms with Gasteiger partial charge in [0.2, 0.25) is 11.8 Å². The number of phosphoric acid groups is 3. The fourth-order valence-corrected chi connectivity index (χ4v) is 8.12. The second-order valence-electron chi connectivity index (χ2n) is 12.4. The topological polar surface area (TPSA) is 398 Å². The number of nitrogens with two attached hydrogens (primary N) is 1. The van der Waals surface area contributed by atoms with Gasteiger partial charge in [0.25, 0.3) is 0 Å². The van der Waals surface area contributed by atoms with E-state index in [1.165, 1.54) is 27.7 Å². The number of fused-ring (bicyclic) bond motifs is 1. The normalized spacial score (nSPS) is 21.0. The van der Waals surface area contributed by atoms with E-state index < -0.39 is 84.6 Å². The molecule has 0 bridgehead atoms. The molecule has 7 atom stereocenters. The highest BCUT2D eigenvalue weighted by molar-refractivity contribution is 8.13.